The molecular formula is C15H21ClN2O. The number of amides is 1. The molecule has 0 saturated carbocycles. The minimum absolute atomic E-state index is 0.140. The van der Waals surface area contributed by atoms with Crippen molar-refractivity contribution in [1.29, 1.82) is 0 Å². The molecule has 1 aliphatic heterocycles. The van der Waals surface area contributed by atoms with E-state index in [4.69, 9.17) is 11.6 Å². The maximum absolute atomic E-state index is 12.1. The fraction of sp³-hybridized carbons (Fsp3) is 0.533. The van der Waals surface area contributed by atoms with Crippen molar-refractivity contribution < 1.29 is 4.79 Å². The summed E-state index contributed by atoms with van der Waals surface area (Å²) in [6.07, 6.45) is 2.70. The van der Waals surface area contributed by atoms with Crippen LogP contribution < -0.4 is 10.6 Å². The summed E-state index contributed by atoms with van der Waals surface area (Å²) in [5.41, 5.74) is 1.16. The lowest BCUT2D eigenvalue weighted by molar-refractivity contribution is -0.126. The quantitative estimate of drug-likeness (QED) is 0.889. The van der Waals surface area contributed by atoms with E-state index in [0.717, 1.165) is 42.9 Å². The van der Waals surface area contributed by atoms with Crippen molar-refractivity contribution in [2.75, 3.05) is 13.1 Å². The molecule has 1 atom stereocenters. The standard InChI is InChI=1S/C15H21ClN2O/c1-11(9-12-3-2-4-14(16)10-12)18-15(19)13-5-7-17-8-6-13/h2-4,10-11,13,17H,5-9H2,1H3,(H,18,19). The van der Waals surface area contributed by atoms with Gasteiger partial charge in [-0.15, -0.1) is 0 Å². The van der Waals surface area contributed by atoms with Gasteiger partial charge in [0, 0.05) is 17.0 Å². The molecule has 3 nitrogen and oxygen atoms in total. The fourth-order valence-electron chi connectivity index (χ4n) is 2.51. The van der Waals surface area contributed by atoms with Crippen LogP contribution in [0.25, 0.3) is 0 Å². The summed E-state index contributed by atoms with van der Waals surface area (Å²) in [6, 6.07) is 7.94. The second-order valence-corrected chi connectivity index (χ2v) is 5.70. The van der Waals surface area contributed by atoms with E-state index in [1.165, 1.54) is 0 Å². The lowest BCUT2D eigenvalue weighted by Crippen LogP contribution is -2.42. The molecule has 0 radical (unpaired) electrons. The third kappa shape index (κ3) is 4.51. The number of piperidine rings is 1. The zero-order valence-electron chi connectivity index (χ0n) is 11.3. The second kappa shape index (κ2) is 6.92. The minimum atomic E-state index is 0.140. The van der Waals surface area contributed by atoms with Crippen LogP contribution in [0.4, 0.5) is 0 Å². The van der Waals surface area contributed by atoms with E-state index in [0.29, 0.717) is 0 Å². The van der Waals surface area contributed by atoms with E-state index in [9.17, 15) is 4.79 Å². The summed E-state index contributed by atoms with van der Waals surface area (Å²) in [5, 5.41) is 7.13. The van der Waals surface area contributed by atoms with E-state index in [1.807, 2.05) is 31.2 Å². The zero-order valence-corrected chi connectivity index (χ0v) is 12.0. The summed E-state index contributed by atoms with van der Waals surface area (Å²) in [7, 11) is 0. The number of nitrogens with one attached hydrogen (secondary N) is 2. The zero-order chi connectivity index (χ0) is 13.7. The molecule has 0 aliphatic carbocycles. The molecule has 2 rings (SSSR count). The van der Waals surface area contributed by atoms with Crippen LogP contribution in [-0.4, -0.2) is 25.0 Å². The molecule has 2 N–H and O–H groups in total. The van der Waals surface area contributed by atoms with Crippen LogP contribution in [-0.2, 0) is 11.2 Å². The molecule has 1 unspecified atom stereocenters. The highest BCUT2D eigenvalue weighted by molar-refractivity contribution is 6.30. The molecule has 1 saturated heterocycles. The molecule has 4 heteroatoms. The first kappa shape index (κ1) is 14.4. The number of carbonyl (C=O) groups is 1. The minimum Gasteiger partial charge on any atom is -0.353 e. The highest BCUT2D eigenvalue weighted by Gasteiger charge is 2.21. The molecule has 104 valence electrons. The topological polar surface area (TPSA) is 41.1 Å². The van der Waals surface area contributed by atoms with Gasteiger partial charge in [-0.25, -0.2) is 0 Å². The van der Waals surface area contributed by atoms with Crippen LogP contribution >= 0.6 is 11.6 Å². The van der Waals surface area contributed by atoms with Gasteiger partial charge in [0.25, 0.3) is 0 Å². The molecule has 0 aromatic heterocycles. The second-order valence-electron chi connectivity index (χ2n) is 5.27. The lowest BCUT2D eigenvalue weighted by Gasteiger charge is -2.24. The van der Waals surface area contributed by atoms with Gasteiger partial charge < -0.3 is 10.6 Å². The Kier molecular flexibility index (Phi) is 5.23. The molecule has 1 heterocycles. The number of halogens is 1. The van der Waals surface area contributed by atoms with E-state index >= 15 is 0 Å². The van der Waals surface area contributed by atoms with Crippen LogP contribution in [0.15, 0.2) is 24.3 Å². The average Bonchev–Trinajstić information content (AvgIpc) is 2.39. The van der Waals surface area contributed by atoms with Crippen molar-refractivity contribution in [3.63, 3.8) is 0 Å². The number of benzene rings is 1. The maximum Gasteiger partial charge on any atom is 0.223 e. The van der Waals surface area contributed by atoms with Crippen molar-refractivity contribution in [1.82, 2.24) is 10.6 Å². The largest absolute Gasteiger partial charge is 0.353 e. The van der Waals surface area contributed by atoms with Crippen molar-refractivity contribution >= 4 is 17.5 Å². The Morgan fingerprint density at radius 3 is 2.89 bits per heavy atom. The molecule has 19 heavy (non-hydrogen) atoms. The summed E-state index contributed by atoms with van der Waals surface area (Å²) >= 11 is 5.96. The molecule has 1 aliphatic rings. The Morgan fingerprint density at radius 2 is 2.21 bits per heavy atom. The molecule has 1 fully saturated rings. The fourth-order valence-corrected chi connectivity index (χ4v) is 2.73. The van der Waals surface area contributed by atoms with E-state index in [2.05, 4.69) is 10.6 Å². The molecule has 1 aromatic carbocycles. The van der Waals surface area contributed by atoms with Gasteiger partial charge in [-0.1, -0.05) is 23.7 Å². The van der Waals surface area contributed by atoms with Crippen molar-refractivity contribution in [3.8, 4) is 0 Å². The van der Waals surface area contributed by atoms with Crippen LogP contribution in [0.5, 0.6) is 0 Å². The monoisotopic (exact) mass is 280 g/mol. The van der Waals surface area contributed by atoms with Gasteiger partial charge in [-0.2, -0.15) is 0 Å². The third-order valence-electron chi connectivity index (χ3n) is 3.53. The van der Waals surface area contributed by atoms with Gasteiger partial charge in [0.05, 0.1) is 0 Å². The Balaban J connectivity index is 1.83. The van der Waals surface area contributed by atoms with Crippen LogP contribution in [0.3, 0.4) is 0 Å². The highest BCUT2D eigenvalue weighted by Crippen LogP contribution is 2.14. The van der Waals surface area contributed by atoms with Gasteiger partial charge in [0.2, 0.25) is 5.91 Å². The van der Waals surface area contributed by atoms with E-state index in [1.54, 1.807) is 0 Å². The Morgan fingerprint density at radius 1 is 1.47 bits per heavy atom. The molecule has 1 aromatic rings. The predicted molar refractivity (Wildman–Crippen MR) is 78.4 cm³/mol. The van der Waals surface area contributed by atoms with Crippen molar-refractivity contribution in [3.05, 3.63) is 34.9 Å². The number of carbonyl (C=O) groups excluding carboxylic acids is 1. The first-order chi connectivity index (χ1) is 9.15. The number of hydrogen-bond acceptors (Lipinski definition) is 2. The molecular weight excluding hydrogens is 260 g/mol. The lowest BCUT2D eigenvalue weighted by atomic mass is 9.96. The molecule has 0 spiro atoms. The Hall–Kier alpha value is -1.06. The van der Waals surface area contributed by atoms with Crippen molar-refractivity contribution in [2.45, 2.75) is 32.2 Å². The summed E-state index contributed by atoms with van der Waals surface area (Å²) in [6.45, 7) is 3.93. The SMILES string of the molecule is CC(Cc1cccc(Cl)c1)NC(=O)C1CCNCC1. The van der Waals surface area contributed by atoms with Crippen LogP contribution in [0.2, 0.25) is 5.02 Å². The van der Waals surface area contributed by atoms with Crippen LogP contribution in [0.1, 0.15) is 25.3 Å². The van der Waals surface area contributed by atoms with Gasteiger partial charge >= 0.3 is 0 Å². The van der Waals surface area contributed by atoms with Gasteiger partial charge in [-0.05, 0) is 57.0 Å². The Bertz CT molecular complexity index is 430. The third-order valence-corrected chi connectivity index (χ3v) is 3.76. The Labute approximate surface area is 119 Å². The molecule has 1 amide bonds. The van der Waals surface area contributed by atoms with Crippen molar-refractivity contribution in [2.24, 2.45) is 5.92 Å². The normalized spacial score (nSPS) is 18.0. The number of hydrogen-bond donors (Lipinski definition) is 2. The van der Waals surface area contributed by atoms with E-state index < -0.39 is 0 Å². The first-order valence-electron chi connectivity index (χ1n) is 6.90. The van der Waals surface area contributed by atoms with Gasteiger partial charge in [-0.3, -0.25) is 4.79 Å². The smallest absolute Gasteiger partial charge is 0.223 e. The highest BCUT2D eigenvalue weighted by atomic mass is 35.5. The predicted octanol–water partition coefficient (Wildman–Crippen LogP) is 2.39. The summed E-state index contributed by atoms with van der Waals surface area (Å²) < 4.78 is 0. The van der Waals surface area contributed by atoms with Crippen LogP contribution in [0, 0.1) is 5.92 Å². The first-order valence-corrected chi connectivity index (χ1v) is 7.28. The van der Waals surface area contributed by atoms with Gasteiger partial charge in [0.1, 0.15) is 0 Å². The van der Waals surface area contributed by atoms with Gasteiger partial charge in [0.15, 0.2) is 0 Å². The van der Waals surface area contributed by atoms with E-state index in [-0.39, 0.29) is 17.9 Å². The number of rotatable bonds is 4. The maximum atomic E-state index is 12.1. The molecule has 0 bridgehead atoms. The average molecular weight is 281 g/mol. The summed E-state index contributed by atoms with van der Waals surface area (Å²) in [5.74, 6) is 0.360. The summed E-state index contributed by atoms with van der Waals surface area (Å²) in [4.78, 5) is 12.1.